The maximum absolute atomic E-state index is 10.9. The van der Waals surface area contributed by atoms with E-state index < -0.39 is 23.9 Å². The first-order chi connectivity index (χ1) is 8.92. The Morgan fingerprint density at radius 2 is 2.05 bits per heavy atom. The molecule has 2 N–H and O–H groups in total. The van der Waals surface area contributed by atoms with E-state index in [4.69, 9.17) is 15.1 Å². The molecule has 0 fully saturated rings. The second-order valence-corrected chi connectivity index (χ2v) is 4.50. The van der Waals surface area contributed by atoms with Crippen molar-refractivity contribution in [3.8, 4) is 11.8 Å². The van der Waals surface area contributed by atoms with Crippen LogP contribution < -0.4 is 4.74 Å². The van der Waals surface area contributed by atoms with Gasteiger partial charge in [0, 0.05) is 0 Å². The highest BCUT2D eigenvalue weighted by Gasteiger charge is 2.27. The molecule has 0 aliphatic rings. The Balaban J connectivity index is 3.04. The molecule has 1 aromatic carbocycles. The summed E-state index contributed by atoms with van der Waals surface area (Å²) in [4.78, 5) is 10.9. The van der Waals surface area contributed by atoms with Crippen LogP contribution in [0.4, 0.5) is 0 Å². The van der Waals surface area contributed by atoms with Gasteiger partial charge in [0.05, 0.1) is 24.7 Å². The molecule has 0 radical (unpaired) electrons. The number of nitriles is 1. The minimum Gasteiger partial charge on any atom is -0.495 e. The molecule has 0 spiro atoms. The van der Waals surface area contributed by atoms with Crippen LogP contribution in [0.5, 0.6) is 5.75 Å². The molecular weight excluding hydrogens is 246 g/mol. The van der Waals surface area contributed by atoms with Crippen LogP contribution in [0.3, 0.4) is 0 Å². The van der Waals surface area contributed by atoms with Crippen molar-refractivity contribution in [2.45, 2.75) is 20.0 Å². The van der Waals surface area contributed by atoms with E-state index in [1.807, 2.05) is 6.07 Å². The highest BCUT2D eigenvalue weighted by Crippen LogP contribution is 2.30. The Hall–Kier alpha value is -2.06. The van der Waals surface area contributed by atoms with Crippen molar-refractivity contribution in [2.24, 2.45) is 11.8 Å². The quantitative estimate of drug-likeness (QED) is 0.847. The number of ether oxygens (including phenoxy) is 1. The smallest absolute Gasteiger partial charge is 0.306 e. The number of hydrogen-bond donors (Lipinski definition) is 2. The van der Waals surface area contributed by atoms with Gasteiger partial charge in [-0.05, 0) is 23.6 Å². The largest absolute Gasteiger partial charge is 0.495 e. The molecule has 5 heteroatoms. The SMILES string of the molecule is COc1ccc(C(O)C(C)C(C)C(=O)O)cc1C#N. The van der Waals surface area contributed by atoms with E-state index in [0.717, 1.165) is 0 Å². The van der Waals surface area contributed by atoms with E-state index in [1.165, 1.54) is 13.2 Å². The second kappa shape index (κ2) is 6.21. The number of carboxylic acids is 1. The van der Waals surface area contributed by atoms with Crippen LogP contribution in [0, 0.1) is 23.2 Å². The standard InChI is InChI=1S/C14H17NO4/c1-8(9(2)14(17)18)13(16)10-4-5-12(19-3)11(6-10)7-15/h4-6,8-9,13,16H,1-3H3,(H,17,18). The number of nitrogens with zero attached hydrogens (tertiary/aromatic N) is 1. The van der Waals surface area contributed by atoms with Crippen molar-refractivity contribution >= 4 is 5.97 Å². The van der Waals surface area contributed by atoms with E-state index in [2.05, 4.69) is 0 Å². The predicted molar refractivity (Wildman–Crippen MR) is 68.6 cm³/mol. The van der Waals surface area contributed by atoms with E-state index >= 15 is 0 Å². The number of hydrogen-bond acceptors (Lipinski definition) is 4. The number of methoxy groups -OCH3 is 1. The van der Waals surface area contributed by atoms with Gasteiger partial charge in [-0.25, -0.2) is 0 Å². The van der Waals surface area contributed by atoms with Gasteiger partial charge < -0.3 is 14.9 Å². The maximum Gasteiger partial charge on any atom is 0.306 e. The molecule has 0 bridgehead atoms. The number of carbonyl (C=O) groups is 1. The molecular formula is C14H17NO4. The fourth-order valence-corrected chi connectivity index (χ4v) is 1.80. The Morgan fingerprint density at radius 3 is 2.53 bits per heavy atom. The lowest BCUT2D eigenvalue weighted by Gasteiger charge is -2.23. The van der Waals surface area contributed by atoms with E-state index in [9.17, 15) is 9.90 Å². The molecule has 0 saturated carbocycles. The molecule has 3 unspecified atom stereocenters. The summed E-state index contributed by atoms with van der Waals surface area (Å²) < 4.78 is 5.02. The first-order valence-electron chi connectivity index (χ1n) is 5.91. The van der Waals surface area contributed by atoms with E-state index in [0.29, 0.717) is 16.9 Å². The third-order valence-electron chi connectivity index (χ3n) is 3.36. The predicted octanol–water partition coefficient (Wildman–Crippen LogP) is 1.96. The van der Waals surface area contributed by atoms with Crippen molar-refractivity contribution < 1.29 is 19.7 Å². The monoisotopic (exact) mass is 263 g/mol. The second-order valence-electron chi connectivity index (χ2n) is 4.50. The van der Waals surface area contributed by atoms with Crippen LogP contribution >= 0.6 is 0 Å². The van der Waals surface area contributed by atoms with Crippen molar-refractivity contribution in [3.63, 3.8) is 0 Å². The Morgan fingerprint density at radius 1 is 1.42 bits per heavy atom. The van der Waals surface area contributed by atoms with Crippen LogP contribution in [-0.4, -0.2) is 23.3 Å². The van der Waals surface area contributed by atoms with Gasteiger partial charge in [-0.2, -0.15) is 5.26 Å². The number of rotatable bonds is 5. The van der Waals surface area contributed by atoms with E-state index in [1.54, 1.807) is 26.0 Å². The van der Waals surface area contributed by atoms with Gasteiger partial charge >= 0.3 is 5.97 Å². The highest BCUT2D eigenvalue weighted by atomic mass is 16.5. The molecule has 0 amide bonds. The number of aliphatic hydroxyl groups is 1. The first kappa shape index (κ1) is 15.0. The van der Waals surface area contributed by atoms with Gasteiger partial charge in [0.15, 0.2) is 0 Å². The van der Waals surface area contributed by atoms with Crippen LogP contribution in [-0.2, 0) is 4.79 Å². The van der Waals surface area contributed by atoms with Gasteiger partial charge in [-0.15, -0.1) is 0 Å². The normalized spacial score (nSPS) is 15.1. The molecule has 5 nitrogen and oxygen atoms in total. The summed E-state index contributed by atoms with van der Waals surface area (Å²) >= 11 is 0. The summed E-state index contributed by atoms with van der Waals surface area (Å²) in [7, 11) is 1.46. The minimum absolute atomic E-state index is 0.314. The molecule has 1 rings (SSSR count). The topological polar surface area (TPSA) is 90.6 Å². The zero-order chi connectivity index (χ0) is 14.6. The summed E-state index contributed by atoms with van der Waals surface area (Å²) in [6, 6.07) is 6.73. The zero-order valence-corrected chi connectivity index (χ0v) is 11.1. The molecule has 0 aliphatic carbocycles. The molecule has 19 heavy (non-hydrogen) atoms. The number of carboxylic acid groups (broad SMARTS) is 1. The molecule has 0 aromatic heterocycles. The van der Waals surface area contributed by atoms with Crippen molar-refractivity contribution in [2.75, 3.05) is 7.11 Å². The van der Waals surface area contributed by atoms with Gasteiger partial charge in [0.2, 0.25) is 0 Å². The third kappa shape index (κ3) is 3.24. The third-order valence-corrected chi connectivity index (χ3v) is 3.36. The van der Waals surface area contributed by atoms with Crippen molar-refractivity contribution in [3.05, 3.63) is 29.3 Å². The average molecular weight is 263 g/mol. The fourth-order valence-electron chi connectivity index (χ4n) is 1.80. The lowest BCUT2D eigenvalue weighted by atomic mass is 9.86. The lowest BCUT2D eigenvalue weighted by Crippen LogP contribution is -2.23. The Labute approximate surface area is 112 Å². The summed E-state index contributed by atoms with van der Waals surface area (Å²) in [5.41, 5.74) is 0.826. The number of benzene rings is 1. The molecule has 0 saturated heterocycles. The van der Waals surface area contributed by atoms with Crippen LogP contribution in [0.15, 0.2) is 18.2 Å². The summed E-state index contributed by atoms with van der Waals surface area (Å²) in [6.07, 6.45) is -0.941. The summed E-state index contributed by atoms with van der Waals surface area (Å²) in [5.74, 6) is -1.67. The Kier molecular flexibility index (Phi) is 4.90. The maximum atomic E-state index is 10.9. The Bertz CT molecular complexity index is 507. The lowest BCUT2D eigenvalue weighted by molar-refractivity contribution is -0.144. The zero-order valence-electron chi connectivity index (χ0n) is 11.1. The van der Waals surface area contributed by atoms with Crippen LogP contribution in [0.2, 0.25) is 0 Å². The highest BCUT2D eigenvalue weighted by molar-refractivity contribution is 5.70. The summed E-state index contributed by atoms with van der Waals surface area (Å²) in [6.45, 7) is 3.21. The fraction of sp³-hybridized carbons (Fsp3) is 0.429. The summed E-state index contributed by atoms with van der Waals surface area (Å²) in [5, 5.41) is 28.1. The first-order valence-corrected chi connectivity index (χ1v) is 5.91. The van der Waals surface area contributed by atoms with Gasteiger partial charge in [0.25, 0.3) is 0 Å². The van der Waals surface area contributed by atoms with Crippen LogP contribution in [0.25, 0.3) is 0 Å². The molecule has 102 valence electrons. The van der Waals surface area contributed by atoms with Crippen molar-refractivity contribution in [1.82, 2.24) is 0 Å². The van der Waals surface area contributed by atoms with Crippen LogP contribution in [0.1, 0.15) is 31.1 Å². The molecule has 0 aliphatic heterocycles. The number of aliphatic carboxylic acids is 1. The molecule has 0 heterocycles. The number of aliphatic hydroxyl groups excluding tert-OH is 1. The van der Waals surface area contributed by atoms with Gasteiger partial charge in [-0.3, -0.25) is 4.79 Å². The molecule has 3 atom stereocenters. The van der Waals surface area contributed by atoms with Gasteiger partial charge in [0.1, 0.15) is 11.8 Å². The van der Waals surface area contributed by atoms with Gasteiger partial charge in [-0.1, -0.05) is 19.9 Å². The van der Waals surface area contributed by atoms with E-state index in [-0.39, 0.29) is 0 Å². The van der Waals surface area contributed by atoms with Crippen molar-refractivity contribution in [1.29, 1.82) is 5.26 Å². The molecule has 1 aromatic rings. The minimum atomic E-state index is -0.958. The average Bonchev–Trinajstić information content (AvgIpc) is 2.43.